The first-order chi connectivity index (χ1) is 20.2. The highest BCUT2D eigenvalue weighted by molar-refractivity contribution is 9.10. The second-order valence-corrected chi connectivity index (χ2v) is 13.4. The SMILES string of the molecule is O=C(Nc1ccc(Br)cc1Cl)[C@H](Cc1ccccc1)N1C(=O)[C@@H]2[C@@H](C1=O)C1(Cl)c3ccccc3C2(Cl)c2ccccc21. The number of likely N-dealkylation sites (tertiary alicyclic amines) is 1. The summed E-state index contributed by atoms with van der Waals surface area (Å²) in [4.78, 5) is 41.6. The highest BCUT2D eigenvalue weighted by atomic mass is 79.9. The standard InChI is InChI=1S/C33H22BrCl3N2O3/c34-19-14-15-25(24(35)17-19)38-29(40)26(16-18-8-2-1-3-9-18)39-30(41)27-28(31(39)42)33(37)21-11-5-4-10-20(21)32(27,36)22-12-6-7-13-23(22)33/h1-15,17,26-28H,16H2,(H,38,40)/t26-,27-,28-,32?,33?/m0/s1. The number of nitrogens with one attached hydrogen (secondary N) is 1. The quantitative estimate of drug-likeness (QED) is 0.179. The van der Waals surface area contributed by atoms with Crippen molar-refractivity contribution in [2.75, 3.05) is 5.32 Å². The van der Waals surface area contributed by atoms with Crippen molar-refractivity contribution in [1.29, 1.82) is 0 Å². The summed E-state index contributed by atoms with van der Waals surface area (Å²) in [5, 5.41) is 3.16. The van der Waals surface area contributed by atoms with Crippen molar-refractivity contribution in [2.45, 2.75) is 22.2 Å². The van der Waals surface area contributed by atoms with E-state index in [2.05, 4.69) is 21.2 Å². The van der Waals surface area contributed by atoms with Crippen LogP contribution in [-0.4, -0.2) is 28.7 Å². The van der Waals surface area contributed by atoms with E-state index >= 15 is 0 Å². The molecule has 1 aliphatic heterocycles. The van der Waals surface area contributed by atoms with Gasteiger partial charge in [0.05, 0.1) is 22.5 Å². The minimum atomic E-state index is -1.33. The van der Waals surface area contributed by atoms with E-state index in [0.29, 0.717) is 33.0 Å². The van der Waals surface area contributed by atoms with Crippen molar-refractivity contribution in [3.05, 3.63) is 134 Å². The molecule has 1 fully saturated rings. The molecule has 0 aromatic heterocycles. The number of halogens is 4. The van der Waals surface area contributed by atoms with Crippen LogP contribution in [0.4, 0.5) is 5.69 Å². The van der Waals surface area contributed by atoms with Crippen LogP contribution >= 0.6 is 50.7 Å². The first kappa shape index (κ1) is 27.7. The number of benzene rings is 4. The molecule has 0 saturated carbocycles. The van der Waals surface area contributed by atoms with Gasteiger partial charge in [-0.15, -0.1) is 23.2 Å². The summed E-state index contributed by atoms with van der Waals surface area (Å²) in [6.45, 7) is 0. The van der Waals surface area contributed by atoms with Crippen LogP contribution in [0.2, 0.25) is 5.02 Å². The fourth-order valence-electron chi connectivity index (χ4n) is 6.94. The Kier molecular flexibility index (Phi) is 6.55. The van der Waals surface area contributed by atoms with E-state index in [1.165, 1.54) is 0 Å². The van der Waals surface area contributed by atoms with Crippen molar-refractivity contribution < 1.29 is 14.4 Å². The molecule has 42 heavy (non-hydrogen) atoms. The number of nitrogens with zero attached hydrogens (tertiary/aromatic N) is 1. The molecule has 0 unspecified atom stereocenters. The van der Waals surface area contributed by atoms with E-state index in [0.717, 1.165) is 14.9 Å². The molecule has 5 nitrogen and oxygen atoms in total. The van der Waals surface area contributed by atoms with Gasteiger partial charge in [-0.25, -0.2) is 0 Å². The average Bonchev–Trinajstić information content (AvgIpc) is 3.27. The van der Waals surface area contributed by atoms with Crippen molar-refractivity contribution in [3.63, 3.8) is 0 Å². The molecule has 3 atom stereocenters. The van der Waals surface area contributed by atoms with E-state index in [-0.39, 0.29) is 6.42 Å². The van der Waals surface area contributed by atoms with Crippen LogP contribution in [0.25, 0.3) is 0 Å². The third-order valence-electron chi connectivity index (χ3n) is 8.69. The average molecular weight is 681 g/mol. The molecule has 3 aliphatic carbocycles. The first-order valence-corrected chi connectivity index (χ1v) is 15.3. The van der Waals surface area contributed by atoms with Crippen molar-refractivity contribution in [2.24, 2.45) is 11.8 Å². The highest BCUT2D eigenvalue weighted by Crippen LogP contribution is 2.69. The van der Waals surface area contributed by atoms with Crippen molar-refractivity contribution in [1.82, 2.24) is 4.90 Å². The largest absolute Gasteiger partial charge is 0.323 e. The maximum absolute atomic E-state index is 14.6. The molecule has 0 radical (unpaired) electrons. The minimum Gasteiger partial charge on any atom is -0.323 e. The van der Waals surface area contributed by atoms with Crippen LogP contribution < -0.4 is 5.32 Å². The predicted molar refractivity (Wildman–Crippen MR) is 167 cm³/mol. The molecular weight excluding hydrogens is 659 g/mol. The Labute approximate surface area is 265 Å². The van der Waals surface area contributed by atoms with E-state index in [1.807, 2.05) is 78.9 Å². The van der Waals surface area contributed by atoms with Gasteiger partial charge in [0.2, 0.25) is 17.7 Å². The number of alkyl halides is 2. The fraction of sp³-hybridized carbons (Fsp3) is 0.182. The van der Waals surface area contributed by atoms with Gasteiger partial charge < -0.3 is 5.32 Å². The number of hydrogen-bond donors (Lipinski definition) is 1. The molecule has 4 aromatic rings. The molecule has 0 spiro atoms. The summed E-state index contributed by atoms with van der Waals surface area (Å²) in [5.41, 5.74) is 3.96. The van der Waals surface area contributed by atoms with E-state index in [4.69, 9.17) is 34.8 Å². The van der Waals surface area contributed by atoms with Gasteiger partial charge in [0.1, 0.15) is 15.8 Å². The Hall–Kier alpha value is -3.16. The highest BCUT2D eigenvalue weighted by Gasteiger charge is 2.73. The number of carbonyl (C=O) groups is 3. The van der Waals surface area contributed by atoms with Gasteiger partial charge in [-0.1, -0.05) is 106 Å². The molecule has 4 aromatic carbocycles. The van der Waals surface area contributed by atoms with Crippen LogP contribution in [0.1, 0.15) is 27.8 Å². The van der Waals surface area contributed by atoms with Gasteiger partial charge in [0.25, 0.3) is 0 Å². The summed E-state index contributed by atoms with van der Waals surface area (Å²) < 4.78 is 0.745. The Bertz CT molecular complexity index is 1680. The monoisotopic (exact) mass is 678 g/mol. The zero-order valence-electron chi connectivity index (χ0n) is 21.9. The van der Waals surface area contributed by atoms with E-state index in [1.54, 1.807) is 18.2 Å². The lowest BCUT2D eigenvalue weighted by Crippen LogP contribution is -2.57. The third-order valence-corrected chi connectivity index (χ3v) is 10.8. The lowest BCUT2D eigenvalue weighted by atomic mass is 9.54. The Morgan fingerprint density at radius 1 is 0.786 bits per heavy atom. The zero-order valence-corrected chi connectivity index (χ0v) is 25.7. The fourth-order valence-corrected chi connectivity index (χ4v) is 8.76. The molecular formula is C33H22BrCl3N2O3. The first-order valence-electron chi connectivity index (χ1n) is 13.4. The lowest BCUT2D eigenvalue weighted by molar-refractivity contribution is -0.146. The molecule has 210 valence electrons. The Morgan fingerprint density at radius 3 is 1.74 bits per heavy atom. The van der Waals surface area contributed by atoms with Crippen LogP contribution in [0.3, 0.4) is 0 Å². The number of imide groups is 1. The third kappa shape index (κ3) is 3.78. The van der Waals surface area contributed by atoms with Crippen LogP contribution in [0, 0.1) is 11.8 Å². The molecule has 1 saturated heterocycles. The van der Waals surface area contributed by atoms with Crippen LogP contribution in [0.5, 0.6) is 0 Å². The van der Waals surface area contributed by atoms with Gasteiger partial charge in [-0.3, -0.25) is 19.3 Å². The lowest BCUT2D eigenvalue weighted by Gasteiger charge is -2.54. The molecule has 8 rings (SSSR count). The molecule has 1 heterocycles. The van der Waals surface area contributed by atoms with Crippen molar-refractivity contribution in [3.8, 4) is 0 Å². The van der Waals surface area contributed by atoms with E-state index < -0.39 is 45.3 Å². The predicted octanol–water partition coefficient (Wildman–Crippen LogP) is 7.25. The van der Waals surface area contributed by atoms with Crippen LogP contribution in [-0.2, 0) is 30.6 Å². The molecule has 4 aliphatic rings. The summed E-state index contributed by atoms with van der Waals surface area (Å²) >= 11 is 24.9. The molecule has 1 N–H and O–H groups in total. The van der Waals surface area contributed by atoms with Gasteiger partial charge in [0, 0.05) is 10.9 Å². The Balaban J connectivity index is 1.36. The van der Waals surface area contributed by atoms with Gasteiger partial charge >= 0.3 is 0 Å². The van der Waals surface area contributed by atoms with E-state index in [9.17, 15) is 14.4 Å². The van der Waals surface area contributed by atoms with Gasteiger partial charge in [-0.05, 0) is 46.0 Å². The van der Waals surface area contributed by atoms with Gasteiger partial charge in [0.15, 0.2) is 0 Å². The topological polar surface area (TPSA) is 66.5 Å². The normalized spacial score (nSPS) is 26.0. The second kappa shape index (κ2) is 9.95. The number of anilines is 1. The number of rotatable bonds is 5. The maximum Gasteiger partial charge on any atom is 0.248 e. The second-order valence-electron chi connectivity index (χ2n) is 10.8. The minimum absolute atomic E-state index is 0.0994. The number of hydrogen-bond acceptors (Lipinski definition) is 3. The smallest absolute Gasteiger partial charge is 0.248 e. The maximum atomic E-state index is 14.6. The van der Waals surface area contributed by atoms with Gasteiger partial charge in [-0.2, -0.15) is 0 Å². The number of amides is 3. The molecule has 9 heteroatoms. The summed E-state index contributed by atoms with van der Waals surface area (Å²) in [7, 11) is 0. The molecule has 2 bridgehead atoms. The number of carbonyl (C=O) groups excluding carboxylic acids is 3. The summed E-state index contributed by atoms with van der Waals surface area (Å²) in [6.07, 6.45) is 0.0994. The van der Waals surface area contributed by atoms with Crippen LogP contribution in [0.15, 0.2) is 102 Å². The van der Waals surface area contributed by atoms with Crippen molar-refractivity contribution >= 4 is 74.1 Å². The summed E-state index contributed by atoms with van der Waals surface area (Å²) in [5.74, 6) is -3.59. The zero-order chi connectivity index (χ0) is 29.4. The molecule has 3 amide bonds. The summed E-state index contributed by atoms with van der Waals surface area (Å²) in [6, 6.07) is 28.0. The Morgan fingerprint density at radius 2 is 1.26 bits per heavy atom.